The van der Waals surface area contributed by atoms with Gasteiger partial charge in [0.15, 0.2) is 5.69 Å². The Bertz CT molecular complexity index is 1050. The third-order valence-electron chi connectivity index (χ3n) is 4.58. The Morgan fingerprint density at radius 3 is 2.21 bits per heavy atom. The topological polar surface area (TPSA) is 46.9 Å². The molecule has 1 amide bonds. The van der Waals surface area contributed by atoms with Crippen molar-refractivity contribution in [1.29, 1.82) is 0 Å². The van der Waals surface area contributed by atoms with Crippen molar-refractivity contribution < 1.29 is 26.7 Å². The second-order valence-corrected chi connectivity index (χ2v) is 6.74. The first-order valence-electron chi connectivity index (χ1n) is 8.77. The standard InChI is InChI=1S/C20H14F5N3O/c21-14-2-1-3-15(22)18(14)19(29)26-12-6-8-13(9-7-12)28-16(11-4-5-11)10-17(27-28)20(23,24)25/h1-3,6-11H,4-5H2,(H,26,29). The molecule has 3 aromatic rings. The molecule has 1 N–H and O–H groups in total. The molecule has 0 spiro atoms. The molecular weight excluding hydrogens is 393 g/mol. The Kier molecular flexibility index (Phi) is 4.60. The molecule has 0 atom stereocenters. The number of benzene rings is 2. The molecule has 150 valence electrons. The highest BCUT2D eigenvalue weighted by molar-refractivity contribution is 6.04. The number of nitrogens with zero attached hydrogens (tertiary/aromatic N) is 2. The van der Waals surface area contributed by atoms with Crippen LogP contribution < -0.4 is 5.32 Å². The zero-order valence-corrected chi connectivity index (χ0v) is 14.8. The summed E-state index contributed by atoms with van der Waals surface area (Å²) in [4.78, 5) is 12.1. The molecule has 2 aromatic carbocycles. The van der Waals surface area contributed by atoms with Gasteiger partial charge in [-0.2, -0.15) is 18.3 Å². The summed E-state index contributed by atoms with van der Waals surface area (Å²) in [5.74, 6) is -2.93. The molecule has 1 saturated carbocycles. The highest BCUT2D eigenvalue weighted by atomic mass is 19.4. The fourth-order valence-electron chi connectivity index (χ4n) is 3.01. The summed E-state index contributed by atoms with van der Waals surface area (Å²) in [7, 11) is 0. The normalized spacial score (nSPS) is 14.1. The summed E-state index contributed by atoms with van der Waals surface area (Å²) >= 11 is 0. The number of hydrogen-bond donors (Lipinski definition) is 1. The van der Waals surface area contributed by atoms with Crippen LogP contribution in [0.4, 0.5) is 27.6 Å². The van der Waals surface area contributed by atoms with E-state index in [1.807, 2.05) is 0 Å². The van der Waals surface area contributed by atoms with E-state index in [0.717, 1.165) is 37.1 Å². The molecule has 0 radical (unpaired) electrons. The Hall–Kier alpha value is -3.23. The third-order valence-corrected chi connectivity index (χ3v) is 4.58. The van der Waals surface area contributed by atoms with Crippen LogP contribution in [0.25, 0.3) is 5.69 Å². The van der Waals surface area contributed by atoms with Gasteiger partial charge in [0.25, 0.3) is 5.91 Å². The minimum absolute atomic E-state index is 0.0296. The summed E-state index contributed by atoms with van der Waals surface area (Å²) in [6.45, 7) is 0. The minimum atomic E-state index is -4.55. The molecule has 9 heteroatoms. The monoisotopic (exact) mass is 407 g/mol. The van der Waals surface area contributed by atoms with Crippen LogP contribution in [0.1, 0.15) is 40.5 Å². The van der Waals surface area contributed by atoms with Crippen molar-refractivity contribution in [3.63, 3.8) is 0 Å². The van der Waals surface area contributed by atoms with E-state index in [2.05, 4.69) is 10.4 Å². The molecule has 1 fully saturated rings. The van der Waals surface area contributed by atoms with E-state index in [4.69, 9.17) is 0 Å². The zero-order valence-electron chi connectivity index (χ0n) is 14.8. The maximum absolute atomic E-state index is 13.7. The summed E-state index contributed by atoms with van der Waals surface area (Å²) in [5, 5.41) is 6.05. The van der Waals surface area contributed by atoms with Gasteiger partial charge in [0.2, 0.25) is 0 Å². The molecule has 1 aromatic heterocycles. The zero-order chi connectivity index (χ0) is 20.8. The van der Waals surface area contributed by atoms with Gasteiger partial charge in [0.05, 0.1) is 5.69 Å². The van der Waals surface area contributed by atoms with Crippen molar-refractivity contribution in [1.82, 2.24) is 9.78 Å². The van der Waals surface area contributed by atoms with E-state index in [9.17, 15) is 26.7 Å². The molecule has 4 rings (SSSR count). The van der Waals surface area contributed by atoms with Gasteiger partial charge in [-0.15, -0.1) is 0 Å². The highest BCUT2D eigenvalue weighted by Gasteiger charge is 2.38. The Labute approximate surface area is 162 Å². The molecule has 29 heavy (non-hydrogen) atoms. The molecular formula is C20H14F5N3O. The predicted octanol–water partition coefficient (Wildman–Crippen LogP) is 5.30. The summed E-state index contributed by atoms with van der Waals surface area (Å²) < 4.78 is 67.7. The first kappa shape index (κ1) is 19.1. The van der Waals surface area contributed by atoms with E-state index in [-0.39, 0.29) is 11.6 Å². The molecule has 0 bridgehead atoms. The maximum Gasteiger partial charge on any atom is 0.435 e. The minimum Gasteiger partial charge on any atom is -0.322 e. The number of nitrogens with one attached hydrogen (secondary N) is 1. The van der Waals surface area contributed by atoms with Gasteiger partial charge in [-0.25, -0.2) is 13.5 Å². The van der Waals surface area contributed by atoms with Crippen molar-refractivity contribution in [2.75, 3.05) is 5.32 Å². The van der Waals surface area contributed by atoms with Crippen LogP contribution in [0.15, 0.2) is 48.5 Å². The SMILES string of the molecule is O=C(Nc1ccc(-n2nc(C(F)(F)F)cc2C2CC2)cc1)c1c(F)cccc1F. The molecule has 1 heterocycles. The van der Waals surface area contributed by atoms with Gasteiger partial charge in [-0.1, -0.05) is 6.07 Å². The van der Waals surface area contributed by atoms with E-state index in [1.165, 1.54) is 28.9 Å². The number of carbonyl (C=O) groups excluding carboxylic acids is 1. The van der Waals surface area contributed by atoms with Gasteiger partial charge >= 0.3 is 6.18 Å². The number of hydrogen-bond acceptors (Lipinski definition) is 2. The molecule has 0 unspecified atom stereocenters. The van der Waals surface area contributed by atoms with Gasteiger partial charge in [-0.05, 0) is 55.3 Å². The maximum atomic E-state index is 13.7. The number of alkyl halides is 3. The number of carbonyl (C=O) groups is 1. The molecule has 0 aliphatic heterocycles. The van der Waals surface area contributed by atoms with E-state index < -0.39 is 35.0 Å². The summed E-state index contributed by atoms with van der Waals surface area (Å²) in [6, 6.07) is 9.95. The van der Waals surface area contributed by atoms with Gasteiger partial charge in [0.1, 0.15) is 17.2 Å². The molecule has 1 aliphatic carbocycles. The second kappa shape index (κ2) is 6.98. The number of aromatic nitrogens is 2. The average molecular weight is 407 g/mol. The van der Waals surface area contributed by atoms with Crippen LogP contribution in [0.2, 0.25) is 0 Å². The first-order valence-corrected chi connectivity index (χ1v) is 8.77. The Balaban J connectivity index is 1.59. The quantitative estimate of drug-likeness (QED) is 0.597. The smallest absolute Gasteiger partial charge is 0.322 e. The third kappa shape index (κ3) is 3.85. The van der Waals surface area contributed by atoms with Crippen molar-refractivity contribution in [2.45, 2.75) is 24.9 Å². The molecule has 4 nitrogen and oxygen atoms in total. The van der Waals surface area contributed by atoms with Gasteiger partial charge < -0.3 is 5.32 Å². The largest absolute Gasteiger partial charge is 0.435 e. The summed E-state index contributed by atoms with van der Waals surface area (Å²) in [6.07, 6.45) is -2.96. The molecule has 0 saturated heterocycles. The number of anilines is 1. The number of halogens is 5. The van der Waals surface area contributed by atoms with Crippen LogP contribution in [-0.2, 0) is 6.18 Å². The van der Waals surface area contributed by atoms with Crippen LogP contribution in [0, 0.1) is 11.6 Å². The van der Waals surface area contributed by atoms with E-state index in [1.54, 1.807) is 0 Å². The van der Waals surface area contributed by atoms with E-state index in [0.29, 0.717) is 11.4 Å². The van der Waals surface area contributed by atoms with Gasteiger partial charge in [-0.3, -0.25) is 4.79 Å². The lowest BCUT2D eigenvalue weighted by atomic mass is 10.1. The predicted molar refractivity (Wildman–Crippen MR) is 94.9 cm³/mol. The van der Waals surface area contributed by atoms with Crippen molar-refractivity contribution in [3.8, 4) is 5.69 Å². The van der Waals surface area contributed by atoms with Crippen molar-refractivity contribution in [3.05, 3.63) is 77.1 Å². The second-order valence-electron chi connectivity index (χ2n) is 6.74. The summed E-state index contributed by atoms with van der Waals surface area (Å²) in [5.41, 5.74) is -0.584. The molecule has 1 aliphatic rings. The Morgan fingerprint density at radius 2 is 1.66 bits per heavy atom. The van der Waals surface area contributed by atoms with Gasteiger partial charge in [0, 0.05) is 17.3 Å². The highest BCUT2D eigenvalue weighted by Crippen LogP contribution is 2.43. The first-order chi connectivity index (χ1) is 13.7. The van der Waals surface area contributed by atoms with Crippen LogP contribution in [0.5, 0.6) is 0 Å². The lowest BCUT2D eigenvalue weighted by Crippen LogP contribution is -2.15. The Morgan fingerprint density at radius 1 is 1.03 bits per heavy atom. The van der Waals surface area contributed by atoms with Crippen molar-refractivity contribution in [2.24, 2.45) is 0 Å². The lowest BCUT2D eigenvalue weighted by molar-refractivity contribution is -0.141. The fourth-order valence-corrected chi connectivity index (χ4v) is 3.01. The lowest BCUT2D eigenvalue weighted by Gasteiger charge is -2.10. The number of amides is 1. The van der Waals surface area contributed by atoms with Crippen LogP contribution >= 0.6 is 0 Å². The average Bonchev–Trinajstić information content (AvgIpc) is 3.39. The van der Waals surface area contributed by atoms with E-state index >= 15 is 0 Å². The van der Waals surface area contributed by atoms with Crippen LogP contribution in [0.3, 0.4) is 0 Å². The fraction of sp³-hybridized carbons (Fsp3) is 0.200. The number of rotatable bonds is 4. The van der Waals surface area contributed by atoms with Crippen LogP contribution in [-0.4, -0.2) is 15.7 Å². The van der Waals surface area contributed by atoms with Crippen molar-refractivity contribution >= 4 is 11.6 Å².